The molecule has 0 aliphatic carbocycles. The summed E-state index contributed by atoms with van der Waals surface area (Å²) in [5.74, 6) is 0.194. The first-order valence-electron chi connectivity index (χ1n) is 5.04. The van der Waals surface area contributed by atoms with E-state index in [0.717, 1.165) is 18.5 Å². The van der Waals surface area contributed by atoms with Crippen LogP contribution in [0.4, 0.5) is 0 Å². The van der Waals surface area contributed by atoms with Crippen LogP contribution < -0.4 is 0 Å². The van der Waals surface area contributed by atoms with Crippen LogP contribution in [0.25, 0.3) is 0 Å². The lowest BCUT2D eigenvalue weighted by Crippen LogP contribution is -2.30. The molecular formula is C11H13BrN2O. The van der Waals surface area contributed by atoms with E-state index in [1.807, 2.05) is 17.0 Å². The van der Waals surface area contributed by atoms with Crippen molar-refractivity contribution in [2.24, 2.45) is 0 Å². The molecule has 80 valence electrons. The van der Waals surface area contributed by atoms with E-state index in [0.29, 0.717) is 0 Å². The van der Waals surface area contributed by atoms with Gasteiger partial charge in [-0.2, -0.15) is 0 Å². The number of amides is 1. The molecule has 1 aliphatic heterocycles. The van der Waals surface area contributed by atoms with Crippen LogP contribution in [0.2, 0.25) is 0 Å². The number of nitrogens with zero attached hydrogens (tertiary/aromatic N) is 2. The van der Waals surface area contributed by atoms with Crippen molar-refractivity contribution in [3.63, 3.8) is 0 Å². The number of rotatable bonds is 2. The molecule has 4 heteroatoms. The smallest absolute Gasteiger partial charge is 0.236 e. The Balaban J connectivity index is 2.16. The largest absolute Gasteiger partial charge is 0.335 e. The lowest BCUT2D eigenvalue weighted by atomic mass is 10.1. The van der Waals surface area contributed by atoms with Crippen molar-refractivity contribution in [3.8, 4) is 0 Å². The molecule has 0 saturated carbocycles. The first-order valence-corrected chi connectivity index (χ1v) is 5.96. The van der Waals surface area contributed by atoms with Crippen molar-refractivity contribution in [2.45, 2.75) is 24.2 Å². The zero-order valence-corrected chi connectivity index (χ0v) is 10.1. The van der Waals surface area contributed by atoms with E-state index in [1.54, 1.807) is 12.4 Å². The molecule has 0 bridgehead atoms. The number of aromatic nitrogens is 1. The van der Waals surface area contributed by atoms with E-state index in [2.05, 4.69) is 27.8 Å². The summed E-state index contributed by atoms with van der Waals surface area (Å²) in [6.07, 6.45) is 4.42. The van der Waals surface area contributed by atoms with Gasteiger partial charge in [-0.1, -0.05) is 15.9 Å². The first kappa shape index (κ1) is 10.6. The molecule has 1 aliphatic rings. The Morgan fingerprint density at radius 3 is 2.73 bits per heavy atom. The van der Waals surface area contributed by atoms with Crippen molar-refractivity contribution in [1.29, 1.82) is 0 Å². The fraction of sp³-hybridized carbons (Fsp3) is 0.455. The number of hydrogen-bond acceptors (Lipinski definition) is 2. The molecule has 2 atom stereocenters. The minimum atomic E-state index is 0.00165. The highest BCUT2D eigenvalue weighted by Gasteiger charge is 2.32. The van der Waals surface area contributed by atoms with Crippen molar-refractivity contribution < 1.29 is 4.79 Å². The van der Waals surface area contributed by atoms with Crippen LogP contribution in [0.3, 0.4) is 0 Å². The van der Waals surface area contributed by atoms with E-state index in [9.17, 15) is 4.79 Å². The van der Waals surface area contributed by atoms with Crippen LogP contribution in [-0.2, 0) is 4.79 Å². The quantitative estimate of drug-likeness (QED) is 0.771. The molecule has 0 radical (unpaired) electrons. The predicted octanol–water partition coefficient (Wildman–Crippen LogP) is 2.14. The number of likely N-dealkylation sites (tertiary alicyclic amines) is 1. The molecule has 2 unspecified atom stereocenters. The summed E-state index contributed by atoms with van der Waals surface area (Å²) < 4.78 is 0. The van der Waals surface area contributed by atoms with Gasteiger partial charge < -0.3 is 4.90 Å². The summed E-state index contributed by atoms with van der Waals surface area (Å²) in [6, 6.07) is 4.06. The normalized spacial score (nSPS) is 23.2. The molecule has 1 aromatic heterocycles. The maximum atomic E-state index is 11.8. The van der Waals surface area contributed by atoms with E-state index in [4.69, 9.17) is 0 Å². The van der Waals surface area contributed by atoms with Gasteiger partial charge in [-0.15, -0.1) is 0 Å². The maximum Gasteiger partial charge on any atom is 0.236 e. The van der Waals surface area contributed by atoms with Gasteiger partial charge in [0.1, 0.15) is 0 Å². The molecular weight excluding hydrogens is 256 g/mol. The Morgan fingerprint density at radius 2 is 2.20 bits per heavy atom. The van der Waals surface area contributed by atoms with Gasteiger partial charge in [0, 0.05) is 18.9 Å². The fourth-order valence-electron chi connectivity index (χ4n) is 1.87. The minimum absolute atomic E-state index is 0.00165. The molecule has 15 heavy (non-hydrogen) atoms. The summed E-state index contributed by atoms with van der Waals surface area (Å²) in [5.41, 5.74) is 1.14. The van der Waals surface area contributed by atoms with Gasteiger partial charge in [0.2, 0.25) is 5.91 Å². The van der Waals surface area contributed by atoms with Gasteiger partial charge in [0.15, 0.2) is 0 Å². The molecule has 1 aromatic rings. The number of carbonyl (C=O) groups excluding carboxylic acids is 1. The monoisotopic (exact) mass is 268 g/mol. The molecule has 2 heterocycles. The van der Waals surface area contributed by atoms with E-state index in [1.165, 1.54) is 0 Å². The predicted molar refractivity (Wildman–Crippen MR) is 61.7 cm³/mol. The zero-order valence-electron chi connectivity index (χ0n) is 8.56. The van der Waals surface area contributed by atoms with Crippen LogP contribution in [0.5, 0.6) is 0 Å². The lowest BCUT2D eigenvalue weighted by molar-refractivity contribution is -0.128. The SMILES string of the molecule is CC(c1ccncc1)N1CCC(Br)C1=O. The molecule has 2 rings (SSSR count). The molecule has 1 amide bonds. The third-order valence-corrected chi connectivity index (χ3v) is 3.68. The standard InChI is InChI=1S/C11H13BrN2O/c1-8(9-2-5-13-6-3-9)14-7-4-10(12)11(14)15/h2-3,5-6,8,10H,4,7H2,1H3. The number of carbonyl (C=O) groups is 1. The van der Waals surface area contributed by atoms with Crippen LogP contribution in [-0.4, -0.2) is 27.2 Å². The summed E-state index contributed by atoms with van der Waals surface area (Å²) in [5, 5.41) is 0. The number of hydrogen-bond donors (Lipinski definition) is 0. The highest BCUT2D eigenvalue weighted by atomic mass is 79.9. The molecule has 0 aromatic carbocycles. The topological polar surface area (TPSA) is 33.2 Å². The van der Waals surface area contributed by atoms with Gasteiger partial charge in [-0.25, -0.2) is 0 Å². The van der Waals surface area contributed by atoms with Gasteiger partial charge >= 0.3 is 0 Å². The van der Waals surface area contributed by atoms with Crippen molar-refractivity contribution >= 4 is 21.8 Å². The van der Waals surface area contributed by atoms with Crippen molar-refractivity contribution in [3.05, 3.63) is 30.1 Å². The molecule has 0 N–H and O–H groups in total. The van der Waals surface area contributed by atoms with Gasteiger partial charge in [0.25, 0.3) is 0 Å². The Kier molecular flexibility index (Phi) is 3.05. The second-order valence-corrected chi connectivity index (χ2v) is 4.85. The van der Waals surface area contributed by atoms with E-state index >= 15 is 0 Å². The second-order valence-electron chi connectivity index (χ2n) is 3.74. The Morgan fingerprint density at radius 1 is 1.53 bits per heavy atom. The molecule has 1 fully saturated rings. The van der Waals surface area contributed by atoms with Gasteiger partial charge in [0.05, 0.1) is 10.9 Å². The first-order chi connectivity index (χ1) is 7.20. The van der Waals surface area contributed by atoms with Crippen LogP contribution in [0, 0.1) is 0 Å². The zero-order chi connectivity index (χ0) is 10.8. The van der Waals surface area contributed by atoms with E-state index in [-0.39, 0.29) is 16.8 Å². The fourth-order valence-corrected chi connectivity index (χ4v) is 2.34. The number of alkyl halides is 1. The number of pyridine rings is 1. The third-order valence-electron chi connectivity index (χ3n) is 2.83. The summed E-state index contributed by atoms with van der Waals surface area (Å²) in [7, 11) is 0. The summed E-state index contributed by atoms with van der Waals surface area (Å²) in [6.45, 7) is 2.89. The average molecular weight is 269 g/mol. The van der Waals surface area contributed by atoms with Gasteiger partial charge in [-0.3, -0.25) is 9.78 Å². The Bertz CT molecular complexity index is 355. The maximum absolute atomic E-state index is 11.8. The van der Waals surface area contributed by atoms with Crippen LogP contribution in [0.1, 0.15) is 24.9 Å². The number of halogens is 1. The highest BCUT2D eigenvalue weighted by Crippen LogP contribution is 2.27. The minimum Gasteiger partial charge on any atom is -0.335 e. The van der Waals surface area contributed by atoms with Gasteiger partial charge in [-0.05, 0) is 31.0 Å². The van der Waals surface area contributed by atoms with Crippen LogP contribution in [0.15, 0.2) is 24.5 Å². The molecule has 3 nitrogen and oxygen atoms in total. The molecule has 0 spiro atoms. The second kappa shape index (κ2) is 4.31. The Hall–Kier alpha value is -0.900. The average Bonchev–Trinajstić information content (AvgIpc) is 2.60. The third kappa shape index (κ3) is 2.04. The Labute approximate surface area is 97.6 Å². The highest BCUT2D eigenvalue weighted by molar-refractivity contribution is 9.10. The van der Waals surface area contributed by atoms with E-state index < -0.39 is 0 Å². The summed E-state index contributed by atoms with van der Waals surface area (Å²) >= 11 is 3.38. The molecule has 1 saturated heterocycles. The lowest BCUT2D eigenvalue weighted by Gasteiger charge is -2.24. The van der Waals surface area contributed by atoms with Crippen LogP contribution >= 0.6 is 15.9 Å². The van der Waals surface area contributed by atoms with Crippen molar-refractivity contribution in [2.75, 3.05) is 6.54 Å². The van der Waals surface area contributed by atoms with Crippen molar-refractivity contribution in [1.82, 2.24) is 9.88 Å². The summed E-state index contributed by atoms with van der Waals surface area (Å²) in [4.78, 5) is 17.7.